The van der Waals surface area contributed by atoms with E-state index in [4.69, 9.17) is 4.42 Å². The molecule has 5 aromatic rings. The summed E-state index contributed by atoms with van der Waals surface area (Å²) in [6.07, 6.45) is -4.54. The van der Waals surface area contributed by atoms with Crippen LogP contribution in [0.1, 0.15) is 15.9 Å². The zero-order chi connectivity index (χ0) is 28.4. The van der Waals surface area contributed by atoms with Gasteiger partial charge in [-0.2, -0.15) is 13.2 Å². The molecule has 0 saturated heterocycles. The van der Waals surface area contributed by atoms with Crippen molar-refractivity contribution < 1.29 is 32.4 Å². The van der Waals surface area contributed by atoms with E-state index in [1.807, 2.05) is 0 Å². The van der Waals surface area contributed by atoms with Crippen molar-refractivity contribution in [2.45, 2.75) is 6.18 Å². The van der Waals surface area contributed by atoms with E-state index in [1.165, 1.54) is 24.3 Å². The number of oxazole rings is 1. The molecule has 5 rings (SSSR count). The van der Waals surface area contributed by atoms with Gasteiger partial charge in [-0.15, -0.1) is 0 Å². The second-order valence-corrected chi connectivity index (χ2v) is 8.60. The lowest BCUT2D eigenvalue weighted by molar-refractivity contribution is -0.384. The molecule has 1 heterocycles. The first-order chi connectivity index (χ1) is 19.1. The molecule has 0 aliphatic carbocycles. The summed E-state index contributed by atoms with van der Waals surface area (Å²) in [6.45, 7) is 0. The number of anilines is 1. The van der Waals surface area contributed by atoms with Gasteiger partial charge < -0.3 is 9.52 Å². The number of nitrogens with one attached hydrogen (secondary N) is 1. The number of alkyl halides is 3. The number of benzene rings is 4. The van der Waals surface area contributed by atoms with Crippen LogP contribution in [-0.2, 0) is 6.18 Å². The molecule has 2 N–H and O–H groups in total. The van der Waals surface area contributed by atoms with Crippen molar-refractivity contribution in [1.29, 1.82) is 0 Å². The Kier molecular flexibility index (Phi) is 6.78. The quantitative estimate of drug-likeness (QED) is 0.168. The molecular weight excluding hydrogens is 527 g/mol. The summed E-state index contributed by atoms with van der Waals surface area (Å²) in [5.41, 5.74) is 0.522. The maximum atomic E-state index is 13.1. The summed E-state index contributed by atoms with van der Waals surface area (Å²) in [7, 11) is 0. The molecule has 0 bridgehead atoms. The Morgan fingerprint density at radius 3 is 2.15 bits per heavy atom. The number of amides is 1. The standard InChI is InChI=1S/C29H18F3N3O5/c30-29(31,32)19-12-10-17(11-13-19)25-28(34-26(37)18-6-2-1-3-7-18)40-27(33-25)23-9-5-4-8-21(23)22-15-14-20(35(38)39)16-24(22)36/h1-16,36H,(H,34,37). The van der Waals surface area contributed by atoms with Crippen molar-refractivity contribution in [1.82, 2.24) is 4.98 Å². The van der Waals surface area contributed by atoms with Crippen LogP contribution in [0.3, 0.4) is 0 Å². The van der Waals surface area contributed by atoms with Crippen LogP contribution < -0.4 is 5.32 Å². The highest BCUT2D eigenvalue weighted by Gasteiger charge is 2.30. The number of aromatic nitrogens is 1. The van der Waals surface area contributed by atoms with E-state index >= 15 is 0 Å². The minimum atomic E-state index is -4.54. The summed E-state index contributed by atoms with van der Waals surface area (Å²) >= 11 is 0. The number of nitrogens with zero attached hydrogens (tertiary/aromatic N) is 2. The van der Waals surface area contributed by atoms with Crippen molar-refractivity contribution in [3.8, 4) is 39.6 Å². The normalized spacial score (nSPS) is 11.3. The van der Waals surface area contributed by atoms with Crippen LogP contribution in [0.15, 0.2) is 101 Å². The Morgan fingerprint density at radius 1 is 0.875 bits per heavy atom. The van der Waals surface area contributed by atoms with Gasteiger partial charge in [0.15, 0.2) is 0 Å². The van der Waals surface area contributed by atoms with Gasteiger partial charge >= 0.3 is 6.18 Å². The molecule has 1 aromatic heterocycles. The largest absolute Gasteiger partial charge is 0.507 e. The van der Waals surface area contributed by atoms with Gasteiger partial charge in [0, 0.05) is 28.3 Å². The summed E-state index contributed by atoms with van der Waals surface area (Å²) in [6, 6.07) is 22.7. The van der Waals surface area contributed by atoms with E-state index in [0.29, 0.717) is 16.7 Å². The zero-order valence-electron chi connectivity index (χ0n) is 20.3. The molecule has 8 nitrogen and oxygen atoms in total. The van der Waals surface area contributed by atoms with Gasteiger partial charge in [0.05, 0.1) is 16.6 Å². The predicted octanol–water partition coefficient (Wildman–Crippen LogP) is 7.56. The molecule has 0 fully saturated rings. The van der Waals surface area contributed by atoms with Gasteiger partial charge in [-0.25, -0.2) is 4.98 Å². The average Bonchev–Trinajstić information content (AvgIpc) is 3.36. The third-order valence-electron chi connectivity index (χ3n) is 6.02. The number of halogens is 3. The molecular formula is C29H18F3N3O5. The number of carbonyl (C=O) groups excluding carboxylic acids is 1. The molecule has 4 aromatic carbocycles. The van der Waals surface area contributed by atoms with E-state index in [2.05, 4.69) is 10.3 Å². The molecule has 1 amide bonds. The number of nitro benzene ring substituents is 1. The third kappa shape index (κ3) is 5.25. The lowest BCUT2D eigenvalue weighted by Crippen LogP contribution is -2.11. The van der Waals surface area contributed by atoms with E-state index in [9.17, 15) is 33.2 Å². The fourth-order valence-corrected chi connectivity index (χ4v) is 4.06. The molecule has 200 valence electrons. The highest BCUT2D eigenvalue weighted by molar-refractivity contribution is 6.05. The lowest BCUT2D eigenvalue weighted by atomic mass is 9.98. The summed E-state index contributed by atoms with van der Waals surface area (Å²) in [5, 5.41) is 24.3. The second-order valence-electron chi connectivity index (χ2n) is 8.60. The average molecular weight is 545 g/mol. The van der Waals surface area contributed by atoms with Crippen LogP contribution in [0.5, 0.6) is 5.75 Å². The highest BCUT2D eigenvalue weighted by atomic mass is 19.4. The Hall–Kier alpha value is -5.45. The maximum Gasteiger partial charge on any atom is 0.416 e. The molecule has 40 heavy (non-hydrogen) atoms. The third-order valence-corrected chi connectivity index (χ3v) is 6.02. The van der Waals surface area contributed by atoms with Crippen LogP contribution in [0, 0.1) is 10.1 Å². The molecule has 0 spiro atoms. The van der Waals surface area contributed by atoms with Crippen molar-refractivity contribution >= 4 is 17.5 Å². The lowest BCUT2D eigenvalue weighted by Gasteiger charge is -2.09. The molecule has 0 saturated carbocycles. The van der Waals surface area contributed by atoms with Crippen LogP contribution in [0.4, 0.5) is 24.7 Å². The van der Waals surface area contributed by atoms with Crippen LogP contribution in [0.25, 0.3) is 33.8 Å². The number of phenolic OH excluding ortho intramolecular Hbond substituents is 1. The van der Waals surface area contributed by atoms with Crippen molar-refractivity contribution in [2.75, 3.05) is 5.32 Å². The number of carbonyl (C=O) groups is 1. The smallest absolute Gasteiger partial charge is 0.416 e. The summed E-state index contributed by atoms with van der Waals surface area (Å²) < 4.78 is 45.4. The first-order valence-electron chi connectivity index (χ1n) is 11.7. The van der Waals surface area contributed by atoms with E-state index in [0.717, 1.165) is 18.2 Å². The van der Waals surface area contributed by atoms with Gasteiger partial charge in [0.25, 0.3) is 11.6 Å². The number of non-ortho nitro benzene ring substituents is 1. The second kappa shape index (κ2) is 10.4. The number of rotatable bonds is 6. The van der Waals surface area contributed by atoms with Crippen molar-refractivity contribution in [3.05, 3.63) is 118 Å². The van der Waals surface area contributed by atoms with Crippen LogP contribution in [-0.4, -0.2) is 20.9 Å². The molecule has 0 atom stereocenters. The number of aromatic hydroxyl groups is 1. The topological polar surface area (TPSA) is 118 Å². The molecule has 0 aliphatic rings. The van der Waals surface area contributed by atoms with Gasteiger partial charge in [0.1, 0.15) is 11.4 Å². The first-order valence-corrected chi connectivity index (χ1v) is 11.7. The Labute approximate surface area is 224 Å². The SMILES string of the molecule is O=C(Nc1oc(-c2ccccc2-c2ccc([N+](=O)[O-])cc2O)nc1-c1ccc(C(F)(F)F)cc1)c1ccccc1. The first kappa shape index (κ1) is 26.2. The minimum Gasteiger partial charge on any atom is -0.507 e. The minimum absolute atomic E-state index is 0.00777. The van der Waals surface area contributed by atoms with Gasteiger partial charge in [0.2, 0.25) is 11.8 Å². The number of hydrogen-bond donors (Lipinski definition) is 2. The zero-order valence-corrected chi connectivity index (χ0v) is 20.3. The monoisotopic (exact) mass is 545 g/mol. The maximum absolute atomic E-state index is 13.1. The summed E-state index contributed by atoms with van der Waals surface area (Å²) in [5.74, 6) is -0.996. The van der Waals surface area contributed by atoms with Crippen LogP contribution >= 0.6 is 0 Å². The Morgan fingerprint density at radius 2 is 1.52 bits per heavy atom. The molecule has 11 heteroatoms. The molecule has 0 radical (unpaired) electrons. The van der Waals surface area contributed by atoms with Gasteiger partial charge in [-0.3, -0.25) is 20.2 Å². The van der Waals surface area contributed by atoms with Gasteiger partial charge in [-0.05, 0) is 42.0 Å². The van der Waals surface area contributed by atoms with E-state index in [1.54, 1.807) is 54.6 Å². The number of phenols is 1. The van der Waals surface area contributed by atoms with E-state index in [-0.39, 0.29) is 40.0 Å². The predicted molar refractivity (Wildman–Crippen MR) is 141 cm³/mol. The van der Waals surface area contributed by atoms with Gasteiger partial charge in [-0.1, -0.05) is 48.5 Å². The van der Waals surface area contributed by atoms with Crippen LogP contribution in [0.2, 0.25) is 0 Å². The number of nitro groups is 1. The van der Waals surface area contributed by atoms with Crippen molar-refractivity contribution in [2.24, 2.45) is 0 Å². The fourth-order valence-electron chi connectivity index (χ4n) is 4.06. The molecule has 0 aliphatic heterocycles. The Bertz CT molecular complexity index is 1720. The summed E-state index contributed by atoms with van der Waals surface area (Å²) in [4.78, 5) is 27.9. The fraction of sp³-hybridized carbons (Fsp3) is 0.0345. The molecule has 0 unspecified atom stereocenters. The van der Waals surface area contributed by atoms with Crippen molar-refractivity contribution in [3.63, 3.8) is 0 Å². The Balaban J connectivity index is 1.62. The van der Waals surface area contributed by atoms with E-state index < -0.39 is 22.6 Å². The highest BCUT2D eigenvalue weighted by Crippen LogP contribution is 2.41. The number of hydrogen-bond acceptors (Lipinski definition) is 6.